The molecular formula is C15H30N2. The zero-order valence-electron chi connectivity index (χ0n) is 12.1. The van der Waals surface area contributed by atoms with E-state index in [1.54, 1.807) is 0 Å². The third-order valence-corrected chi connectivity index (χ3v) is 4.66. The lowest BCUT2D eigenvalue weighted by Crippen LogP contribution is -2.61. The first-order valence-corrected chi connectivity index (χ1v) is 7.62. The monoisotopic (exact) mass is 238 g/mol. The van der Waals surface area contributed by atoms with Gasteiger partial charge in [0.15, 0.2) is 0 Å². The summed E-state index contributed by atoms with van der Waals surface area (Å²) < 4.78 is 0. The van der Waals surface area contributed by atoms with Crippen LogP contribution in [-0.4, -0.2) is 36.1 Å². The van der Waals surface area contributed by atoms with E-state index in [1.165, 1.54) is 38.8 Å². The molecule has 2 aliphatic rings. The summed E-state index contributed by atoms with van der Waals surface area (Å²) in [7, 11) is 0. The highest BCUT2D eigenvalue weighted by Gasteiger charge is 2.39. The molecule has 2 rings (SSSR count). The Hall–Kier alpha value is -0.0800. The van der Waals surface area contributed by atoms with Gasteiger partial charge in [-0.15, -0.1) is 0 Å². The third kappa shape index (κ3) is 3.23. The summed E-state index contributed by atoms with van der Waals surface area (Å²) in [4.78, 5) is 2.80. The van der Waals surface area contributed by atoms with E-state index in [9.17, 15) is 0 Å². The minimum absolute atomic E-state index is 0.742. The molecule has 2 nitrogen and oxygen atoms in total. The topological polar surface area (TPSA) is 15.3 Å². The highest BCUT2D eigenvalue weighted by Crippen LogP contribution is 2.35. The number of piperazine rings is 1. The van der Waals surface area contributed by atoms with Crippen molar-refractivity contribution in [3.8, 4) is 0 Å². The van der Waals surface area contributed by atoms with Crippen LogP contribution in [0.4, 0.5) is 0 Å². The molecule has 0 aromatic heterocycles. The molecule has 1 heterocycles. The van der Waals surface area contributed by atoms with E-state index in [0.717, 1.165) is 30.0 Å². The van der Waals surface area contributed by atoms with Crippen molar-refractivity contribution >= 4 is 0 Å². The van der Waals surface area contributed by atoms with E-state index in [2.05, 4.69) is 37.9 Å². The number of hydrogen-bond donors (Lipinski definition) is 1. The van der Waals surface area contributed by atoms with E-state index in [4.69, 9.17) is 0 Å². The molecule has 0 aromatic carbocycles. The fourth-order valence-corrected chi connectivity index (χ4v) is 3.34. The predicted molar refractivity (Wildman–Crippen MR) is 74.2 cm³/mol. The quantitative estimate of drug-likeness (QED) is 0.792. The maximum atomic E-state index is 3.80. The Balaban J connectivity index is 1.98. The molecule has 0 bridgehead atoms. The van der Waals surface area contributed by atoms with Crippen molar-refractivity contribution in [2.75, 3.05) is 13.1 Å². The van der Waals surface area contributed by atoms with Gasteiger partial charge in [0, 0.05) is 31.2 Å². The van der Waals surface area contributed by atoms with Gasteiger partial charge >= 0.3 is 0 Å². The van der Waals surface area contributed by atoms with E-state index in [1.807, 2.05) is 0 Å². The Morgan fingerprint density at radius 1 is 1.24 bits per heavy atom. The van der Waals surface area contributed by atoms with Gasteiger partial charge in [-0.25, -0.2) is 0 Å². The van der Waals surface area contributed by atoms with Crippen molar-refractivity contribution in [2.45, 2.75) is 71.5 Å². The van der Waals surface area contributed by atoms with Gasteiger partial charge in [-0.1, -0.05) is 27.2 Å². The van der Waals surface area contributed by atoms with Crippen molar-refractivity contribution in [1.29, 1.82) is 0 Å². The molecular weight excluding hydrogens is 208 g/mol. The zero-order chi connectivity index (χ0) is 12.4. The Bertz CT molecular complexity index is 235. The van der Waals surface area contributed by atoms with E-state index < -0.39 is 0 Å². The molecule has 1 aliphatic heterocycles. The van der Waals surface area contributed by atoms with E-state index >= 15 is 0 Å². The van der Waals surface area contributed by atoms with Crippen molar-refractivity contribution in [3.63, 3.8) is 0 Å². The lowest BCUT2D eigenvalue weighted by atomic mass is 9.94. The van der Waals surface area contributed by atoms with Crippen LogP contribution in [-0.2, 0) is 0 Å². The van der Waals surface area contributed by atoms with Crippen LogP contribution in [0.25, 0.3) is 0 Å². The minimum atomic E-state index is 0.742. The Morgan fingerprint density at radius 3 is 2.47 bits per heavy atom. The second kappa shape index (κ2) is 5.71. The largest absolute Gasteiger partial charge is 0.311 e. The van der Waals surface area contributed by atoms with Gasteiger partial charge in [0.1, 0.15) is 0 Å². The van der Waals surface area contributed by atoms with E-state index in [-0.39, 0.29) is 0 Å². The zero-order valence-corrected chi connectivity index (χ0v) is 12.1. The van der Waals surface area contributed by atoms with Crippen molar-refractivity contribution in [2.24, 2.45) is 11.8 Å². The van der Waals surface area contributed by atoms with Gasteiger partial charge in [-0.05, 0) is 38.0 Å². The number of rotatable bonds is 5. The van der Waals surface area contributed by atoms with Crippen LogP contribution in [0.1, 0.15) is 53.4 Å². The number of nitrogens with one attached hydrogen (secondary N) is 1. The van der Waals surface area contributed by atoms with Crippen LogP contribution >= 0.6 is 0 Å². The van der Waals surface area contributed by atoms with Crippen LogP contribution in [0, 0.1) is 11.8 Å². The summed E-state index contributed by atoms with van der Waals surface area (Å²) in [6.07, 6.45) is 5.57. The standard InChI is InChI=1S/C15H30N2/c1-5-6-12(4)17-10-14(13-7-8-13)16-9-15(17)11(2)3/h11-16H,5-10H2,1-4H3. The maximum Gasteiger partial charge on any atom is 0.0247 e. The molecule has 100 valence electrons. The SMILES string of the molecule is CCCC(C)N1CC(C2CC2)NCC1C(C)C. The number of nitrogens with zero attached hydrogens (tertiary/aromatic N) is 1. The first kappa shape index (κ1) is 13.4. The molecule has 1 saturated carbocycles. The molecule has 0 amide bonds. The van der Waals surface area contributed by atoms with E-state index in [0.29, 0.717) is 0 Å². The average Bonchev–Trinajstić information content (AvgIpc) is 3.12. The molecule has 1 aliphatic carbocycles. The van der Waals surface area contributed by atoms with Gasteiger partial charge in [0.05, 0.1) is 0 Å². The average molecular weight is 238 g/mol. The highest BCUT2D eigenvalue weighted by atomic mass is 15.3. The maximum absolute atomic E-state index is 3.80. The Kier molecular flexibility index (Phi) is 4.48. The van der Waals surface area contributed by atoms with Crippen LogP contribution < -0.4 is 5.32 Å². The van der Waals surface area contributed by atoms with Gasteiger partial charge in [0.25, 0.3) is 0 Å². The van der Waals surface area contributed by atoms with Crippen LogP contribution in [0.5, 0.6) is 0 Å². The van der Waals surface area contributed by atoms with Gasteiger partial charge < -0.3 is 5.32 Å². The fraction of sp³-hybridized carbons (Fsp3) is 1.00. The normalized spacial score (nSPS) is 33.0. The van der Waals surface area contributed by atoms with Crippen LogP contribution in [0.3, 0.4) is 0 Å². The molecule has 2 heteroatoms. The molecule has 0 aromatic rings. The predicted octanol–water partition coefficient (Wildman–Crippen LogP) is 2.88. The van der Waals surface area contributed by atoms with Crippen molar-refractivity contribution in [3.05, 3.63) is 0 Å². The molecule has 17 heavy (non-hydrogen) atoms. The second-order valence-corrected chi connectivity index (χ2v) is 6.50. The molecule has 1 saturated heterocycles. The van der Waals surface area contributed by atoms with Crippen molar-refractivity contribution < 1.29 is 0 Å². The van der Waals surface area contributed by atoms with Gasteiger partial charge in [0.2, 0.25) is 0 Å². The first-order valence-electron chi connectivity index (χ1n) is 7.62. The lowest BCUT2D eigenvalue weighted by molar-refractivity contribution is 0.0538. The Morgan fingerprint density at radius 2 is 1.94 bits per heavy atom. The molecule has 3 atom stereocenters. The molecule has 3 unspecified atom stereocenters. The van der Waals surface area contributed by atoms with Gasteiger partial charge in [-0.3, -0.25) is 4.90 Å². The molecule has 1 N–H and O–H groups in total. The first-order chi connectivity index (χ1) is 8.13. The minimum Gasteiger partial charge on any atom is -0.311 e. The molecule has 0 radical (unpaired) electrons. The Labute approximate surface area is 107 Å². The summed E-state index contributed by atoms with van der Waals surface area (Å²) >= 11 is 0. The summed E-state index contributed by atoms with van der Waals surface area (Å²) in [5.41, 5.74) is 0. The summed E-state index contributed by atoms with van der Waals surface area (Å²) in [6, 6.07) is 2.28. The smallest absolute Gasteiger partial charge is 0.0247 e. The molecule has 2 fully saturated rings. The number of hydrogen-bond acceptors (Lipinski definition) is 2. The second-order valence-electron chi connectivity index (χ2n) is 6.50. The van der Waals surface area contributed by atoms with Crippen molar-refractivity contribution in [1.82, 2.24) is 10.2 Å². The summed E-state index contributed by atoms with van der Waals surface area (Å²) in [6.45, 7) is 12.0. The van der Waals surface area contributed by atoms with Gasteiger partial charge in [-0.2, -0.15) is 0 Å². The molecule has 0 spiro atoms. The van der Waals surface area contributed by atoms with Crippen LogP contribution in [0.15, 0.2) is 0 Å². The summed E-state index contributed by atoms with van der Waals surface area (Å²) in [5, 5.41) is 3.80. The third-order valence-electron chi connectivity index (χ3n) is 4.66. The highest BCUT2D eigenvalue weighted by molar-refractivity contribution is 4.96. The fourth-order valence-electron chi connectivity index (χ4n) is 3.34. The van der Waals surface area contributed by atoms with Crippen LogP contribution in [0.2, 0.25) is 0 Å². The lowest BCUT2D eigenvalue weighted by Gasteiger charge is -2.46. The summed E-state index contributed by atoms with van der Waals surface area (Å²) in [5.74, 6) is 1.75.